The van der Waals surface area contributed by atoms with Crippen molar-refractivity contribution in [2.24, 2.45) is 5.73 Å². The summed E-state index contributed by atoms with van der Waals surface area (Å²) in [6, 6.07) is 7.17. The number of ether oxygens (including phenoxy) is 1. The molecular weight excluding hydrogens is 202 g/mol. The zero-order valence-corrected chi connectivity index (χ0v) is 10.3. The molecule has 3 nitrogen and oxygen atoms in total. The summed E-state index contributed by atoms with van der Waals surface area (Å²) in [6.45, 7) is 7.45. The number of nitrogens with two attached hydrogens (primary N) is 1. The summed E-state index contributed by atoms with van der Waals surface area (Å²) in [4.78, 5) is 11.7. The van der Waals surface area contributed by atoms with Crippen LogP contribution in [0, 0.1) is 0 Å². The van der Waals surface area contributed by atoms with Crippen LogP contribution in [0.4, 0.5) is 0 Å². The van der Waals surface area contributed by atoms with Gasteiger partial charge in [-0.1, -0.05) is 12.1 Å². The summed E-state index contributed by atoms with van der Waals surface area (Å²) in [7, 11) is 0. The number of hydrogen-bond acceptors (Lipinski definition) is 3. The second-order valence-corrected chi connectivity index (χ2v) is 4.91. The van der Waals surface area contributed by atoms with E-state index in [0.29, 0.717) is 5.56 Å². The first-order valence-corrected chi connectivity index (χ1v) is 5.38. The monoisotopic (exact) mass is 221 g/mol. The van der Waals surface area contributed by atoms with E-state index in [0.717, 1.165) is 5.56 Å². The van der Waals surface area contributed by atoms with E-state index in [4.69, 9.17) is 10.5 Å². The maximum absolute atomic E-state index is 11.7. The first kappa shape index (κ1) is 12.7. The molecule has 16 heavy (non-hydrogen) atoms. The molecule has 0 aromatic heterocycles. The fourth-order valence-corrected chi connectivity index (χ4v) is 1.26. The molecule has 1 aromatic carbocycles. The van der Waals surface area contributed by atoms with Crippen LogP contribution in [0.5, 0.6) is 0 Å². The molecule has 1 aromatic rings. The normalized spacial score (nSPS) is 13.3. The van der Waals surface area contributed by atoms with Crippen LogP contribution in [-0.4, -0.2) is 11.6 Å². The maximum atomic E-state index is 11.7. The van der Waals surface area contributed by atoms with Gasteiger partial charge < -0.3 is 10.5 Å². The minimum atomic E-state index is -0.461. The van der Waals surface area contributed by atoms with E-state index in [1.54, 1.807) is 12.1 Å². The Labute approximate surface area is 96.6 Å². The van der Waals surface area contributed by atoms with E-state index in [2.05, 4.69) is 0 Å². The van der Waals surface area contributed by atoms with Crippen molar-refractivity contribution < 1.29 is 9.53 Å². The van der Waals surface area contributed by atoms with Gasteiger partial charge in [0.15, 0.2) is 0 Å². The van der Waals surface area contributed by atoms with Crippen molar-refractivity contribution in [1.29, 1.82) is 0 Å². The Hall–Kier alpha value is -1.35. The van der Waals surface area contributed by atoms with Crippen molar-refractivity contribution in [2.75, 3.05) is 0 Å². The zero-order chi connectivity index (χ0) is 12.3. The molecule has 0 saturated heterocycles. The molecule has 0 heterocycles. The number of rotatable bonds is 2. The topological polar surface area (TPSA) is 52.3 Å². The lowest BCUT2D eigenvalue weighted by atomic mass is 10.1. The fraction of sp³-hybridized carbons (Fsp3) is 0.462. The summed E-state index contributed by atoms with van der Waals surface area (Å²) >= 11 is 0. The predicted octanol–water partition coefficient (Wildman–Crippen LogP) is 2.66. The van der Waals surface area contributed by atoms with Gasteiger partial charge in [-0.2, -0.15) is 0 Å². The summed E-state index contributed by atoms with van der Waals surface area (Å²) < 4.78 is 5.25. The second-order valence-electron chi connectivity index (χ2n) is 4.91. The van der Waals surface area contributed by atoms with Crippen LogP contribution in [0.1, 0.15) is 49.7 Å². The number of hydrogen-bond donors (Lipinski definition) is 1. The van der Waals surface area contributed by atoms with Gasteiger partial charge in [0.1, 0.15) is 5.60 Å². The number of esters is 1. The van der Waals surface area contributed by atoms with Crippen molar-refractivity contribution in [3.63, 3.8) is 0 Å². The molecular formula is C13H19NO2. The zero-order valence-electron chi connectivity index (χ0n) is 10.3. The second kappa shape index (κ2) is 4.66. The van der Waals surface area contributed by atoms with Crippen LogP contribution in [0.25, 0.3) is 0 Å². The largest absolute Gasteiger partial charge is 0.456 e. The van der Waals surface area contributed by atoms with E-state index in [9.17, 15) is 4.79 Å². The van der Waals surface area contributed by atoms with Gasteiger partial charge >= 0.3 is 5.97 Å². The maximum Gasteiger partial charge on any atom is 0.338 e. The van der Waals surface area contributed by atoms with E-state index in [1.807, 2.05) is 39.8 Å². The highest BCUT2D eigenvalue weighted by Crippen LogP contribution is 2.15. The molecule has 3 heteroatoms. The molecule has 0 spiro atoms. The van der Waals surface area contributed by atoms with Gasteiger partial charge in [-0.15, -0.1) is 0 Å². The Bertz CT molecular complexity index is 361. The number of carbonyl (C=O) groups excluding carboxylic acids is 1. The highest BCUT2D eigenvalue weighted by molar-refractivity contribution is 5.89. The Kier molecular flexibility index (Phi) is 3.70. The van der Waals surface area contributed by atoms with Gasteiger partial charge in [-0.3, -0.25) is 0 Å². The Morgan fingerprint density at radius 2 is 1.75 bits per heavy atom. The molecule has 0 fully saturated rings. The molecule has 0 amide bonds. The van der Waals surface area contributed by atoms with Gasteiger partial charge in [0.05, 0.1) is 5.56 Å². The lowest BCUT2D eigenvalue weighted by molar-refractivity contribution is 0.00695. The van der Waals surface area contributed by atoms with Crippen molar-refractivity contribution in [3.05, 3.63) is 35.4 Å². The third-order valence-corrected chi connectivity index (χ3v) is 2.07. The van der Waals surface area contributed by atoms with Crippen LogP contribution in [-0.2, 0) is 4.74 Å². The quantitative estimate of drug-likeness (QED) is 0.781. The van der Waals surface area contributed by atoms with Crippen molar-refractivity contribution in [3.8, 4) is 0 Å². The van der Waals surface area contributed by atoms with Gasteiger partial charge in [0, 0.05) is 6.04 Å². The minimum absolute atomic E-state index is 0.0207. The molecule has 0 bridgehead atoms. The lowest BCUT2D eigenvalue weighted by Gasteiger charge is -2.19. The molecule has 0 radical (unpaired) electrons. The van der Waals surface area contributed by atoms with Crippen molar-refractivity contribution in [1.82, 2.24) is 0 Å². The smallest absolute Gasteiger partial charge is 0.338 e. The molecule has 1 unspecified atom stereocenters. The van der Waals surface area contributed by atoms with E-state index in [1.165, 1.54) is 0 Å². The molecule has 1 atom stereocenters. The van der Waals surface area contributed by atoms with Crippen LogP contribution in [0.15, 0.2) is 24.3 Å². The van der Waals surface area contributed by atoms with Crippen LogP contribution in [0.2, 0.25) is 0 Å². The van der Waals surface area contributed by atoms with E-state index in [-0.39, 0.29) is 12.0 Å². The Morgan fingerprint density at radius 3 is 2.12 bits per heavy atom. The molecule has 2 N–H and O–H groups in total. The highest BCUT2D eigenvalue weighted by atomic mass is 16.6. The molecule has 0 aliphatic rings. The van der Waals surface area contributed by atoms with Gasteiger partial charge in [0.2, 0.25) is 0 Å². The SMILES string of the molecule is CC(N)c1ccc(C(=O)OC(C)(C)C)cc1. The lowest BCUT2D eigenvalue weighted by Crippen LogP contribution is -2.23. The van der Waals surface area contributed by atoms with E-state index < -0.39 is 5.60 Å². The van der Waals surface area contributed by atoms with Crippen LogP contribution in [0.3, 0.4) is 0 Å². The summed E-state index contributed by atoms with van der Waals surface area (Å²) in [5.41, 5.74) is 6.83. The van der Waals surface area contributed by atoms with Crippen molar-refractivity contribution in [2.45, 2.75) is 39.3 Å². The predicted molar refractivity (Wildman–Crippen MR) is 64.2 cm³/mol. The number of benzene rings is 1. The van der Waals surface area contributed by atoms with Gasteiger partial charge in [-0.25, -0.2) is 4.79 Å². The van der Waals surface area contributed by atoms with Gasteiger partial charge in [0.25, 0.3) is 0 Å². The fourth-order valence-electron chi connectivity index (χ4n) is 1.26. The third-order valence-electron chi connectivity index (χ3n) is 2.07. The first-order valence-electron chi connectivity index (χ1n) is 5.38. The average molecular weight is 221 g/mol. The van der Waals surface area contributed by atoms with Crippen molar-refractivity contribution >= 4 is 5.97 Å². The van der Waals surface area contributed by atoms with Crippen LogP contribution < -0.4 is 5.73 Å². The molecule has 1 rings (SSSR count). The van der Waals surface area contributed by atoms with E-state index >= 15 is 0 Å². The first-order chi connectivity index (χ1) is 7.29. The molecule has 0 aliphatic heterocycles. The van der Waals surface area contributed by atoms with Gasteiger partial charge in [-0.05, 0) is 45.4 Å². The highest BCUT2D eigenvalue weighted by Gasteiger charge is 2.17. The summed E-state index contributed by atoms with van der Waals surface area (Å²) in [5, 5.41) is 0. The minimum Gasteiger partial charge on any atom is -0.456 e. The average Bonchev–Trinajstić information content (AvgIpc) is 2.15. The Balaban J connectivity index is 2.78. The molecule has 0 aliphatic carbocycles. The molecule has 0 saturated carbocycles. The van der Waals surface area contributed by atoms with Crippen LogP contribution >= 0.6 is 0 Å². The summed E-state index contributed by atoms with van der Waals surface area (Å²) in [5.74, 6) is -0.302. The standard InChI is InChI=1S/C13H19NO2/c1-9(14)10-5-7-11(8-6-10)12(15)16-13(2,3)4/h5-9H,14H2,1-4H3. The third kappa shape index (κ3) is 3.66. The molecule has 88 valence electrons. The Morgan fingerprint density at radius 1 is 1.25 bits per heavy atom. The summed E-state index contributed by atoms with van der Waals surface area (Å²) in [6.07, 6.45) is 0. The number of carbonyl (C=O) groups is 1.